The first kappa shape index (κ1) is 24.2. The summed E-state index contributed by atoms with van der Waals surface area (Å²) in [5, 5.41) is 1.30. The Hall–Kier alpha value is -3.08. The van der Waals surface area contributed by atoms with Gasteiger partial charge < -0.3 is 20.9 Å². The molecule has 3 aromatic rings. The van der Waals surface area contributed by atoms with Crippen LogP contribution in [0.2, 0.25) is 5.02 Å². The van der Waals surface area contributed by atoms with Crippen molar-refractivity contribution in [3.63, 3.8) is 0 Å². The fourth-order valence-electron chi connectivity index (χ4n) is 2.79. The third-order valence-corrected chi connectivity index (χ3v) is 5.42. The highest BCUT2D eigenvalue weighted by atomic mass is 35.5. The summed E-state index contributed by atoms with van der Waals surface area (Å²) in [4.78, 5) is 17.5. The van der Waals surface area contributed by atoms with Gasteiger partial charge in [0.15, 0.2) is 5.96 Å². The molecule has 1 aromatic heterocycles. The Bertz CT molecular complexity index is 1240. The summed E-state index contributed by atoms with van der Waals surface area (Å²) in [7, 11) is 1.18. The third-order valence-electron chi connectivity index (χ3n) is 4.27. The van der Waals surface area contributed by atoms with Gasteiger partial charge >= 0.3 is 0 Å². The zero-order valence-corrected chi connectivity index (χ0v) is 19.1. The molecule has 166 valence electrons. The number of fused-ring (bicyclic) bond motifs is 1. The van der Waals surface area contributed by atoms with Crippen LogP contribution in [0, 0.1) is 6.92 Å². The van der Waals surface area contributed by atoms with Crippen molar-refractivity contribution in [1.82, 2.24) is 9.47 Å². The molecule has 2 aromatic carbocycles. The fraction of sp³-hybridized carbons (Fsp3) is 0.200. The van der Waals surface area contributed by atoms with Crippen LogP contribution in [0.1, 0.15) is 16.1 Å². The molecule has 11 heteroatoms. The molecule has 0 spiro atoms. The standard InChI is InChI=1S/C13H16ClN5O.C7H8O3S/c1-18(2)12(20)10-5-7-4-8(17-13(15)16)6-9(14)11(7)19(10)3;1-6-2-4-7(5-3-6)11(8,9)10/h4-6H,1-3H3,(H4,15,16,17);2-5H,1H3,(H,8,9,10). The highest BCUT2D eigenvalue weighted by molar-refractivity contribution is 7.85. The molecule has 1 amide bonds. The van der Waals surface area contributed by atoms with E-state index < -0.39 is 10.1 Å². The van der Waals surface area contributed by atoms with Crippen LogP contribution in [0.4, 0.5) is 5.69 Å². The zero-order chi connectivity index (χ0) is 23.5. The van der Waals surface area contributed by atoms with Gasteiger partial charge in [0.2, 0.25) is 0 Å². The first-order chi connectivity index (χ1) is 14.3. The molecular formula is C20H24ClN5O4S. The number of aromatic nitrogens is 1. The number of hydrogen-bond acceptors (Lipinski definition) is 4. The Labute approximate surface area is 185 Å². The van der Waals surface area contributed by atoms with E-state index in [1.165, 1.54) is 17.0 Å². The van der Waals surface area contributed by atoms with Gasteiger partial charge in [0.25, 0.3) is 16.0 Å². The molecule has 0 saturated carbocycles. The van der Waals surface area contributed by atoms with Crippen molar-refractivity contribution >= 4 is 50.2 Å². The molecule has 0 aliphatic carbocycles. The number of carbonyl (C=O) groups is 1. The SMILES string of the molecule is CN(C)C(=O)c1cc2cc(N=C(N)N)cc(Cl)c2n1C.Cc1ccc(S(=O)(=O)O)cc1. The van der Waals surface area contributed by atoms with Crippen LogP contribution in [0.3, 0.4) is 0 Å². The topological polar surface area (TPSA) is 144 Å². The van der Waals surface area contributed by atoms with Crippen LogP contribution >= 0.6 is 11.6 Å². The zero-order valence-electron chi connectivity index (χ0n) is 17.5. The van der Waals surface area contributed by atoms with Crippen LogP contribution in [-0.4, -0.2) is 48.4 Å². The monoisotopic (exact) mass is 465 g/mol. The average molecular weight is 466 g/mol. The van der Waals surface area contributed by atoms with E-state index in [1.54, 1.807) is 56.0 Å². The highest BCUT2D eigenvalue weighted by Crippen LogP contribution is 2.31. The molecule has 9 nitrogen and oxygen atoms in total. The predicted molar refractivity (Wildman–Crippen MR) is 122 cm³/mol. The van der Waals surface area contributed by atoms with Crippen molar-refractivity contribution in [2.75, 3.05) is 14.1 Å². The molecule has 1 heterocycles. The van der Waals surface area contributed by atoms with Gasteiger partial charge in [-0.3, -0.25) is 9.35 Å². The van der Waals surface area contributed by atoms with Gasteiger partial charge in [-0.05, 0) is 37.3 Å². The largest absolute Gasteiger partial charge is 0.370 e. The maximum Gasteiger partial charge on any atom is 0.294 e. The second kappa shape index (κ2) is 9.38. The smallest absolute Gasteiger partial charge is 0.294 e. The number of nitrogens with two attached hydrogens (primary N) is 2. The number of aryl methyl sites for hydroxylation is 2. The molecule has 0 aliphatic rings. The molecule has 0 saturated heterocycles. The Balaban J connectivity index is 0.000000262. The van der Waals surface area contributed by atoms with Gasteiger partial charge in [0.1, 0.15) is 5.69 Å². The number of hydrogen-bond donors (Lipinski definition) is 3. The molecule has 0 fully saturated rings. The van der Waals surface area contributed by atoms with Crippen molar-refractivity contribution < 1.29 is 17.8 Å². The first-order valence-electron chi connectivity index (χ1n) is 8.95. The lowest BCUT2D eigenvalue weighted by Crippen LogP contribution is -2.23. The van der Waals surface area contributed by atoms with Crippen LogP contribution in [0.5, 0.6) is 0 Å². The Morgan fingerprint density at radius 3 is 2.19 bits per heavy atom. The maximum absolute atomic E-state index is 12.1. The lowest BCUT2D eigenvalue weighted by atomic mass is 10.2. The first-order valence-corrected chi connectivity index (χ1v) is 10.8. The van der Waals surface area contributed by atoms with Crippen LogP contribution < -0.4 is 11.5 Å². The van der Waals surface area contributed by atoms with Gasteiger partial charge in [-0.15, -0.1) is 0 Å². The minimum atomic E-state index is -4.02. The summed E-state index contributed by atoms with van der Waals surface area (Å²) in [5.74, 6) is -0.135. The number of halogens is 1. The summed E-state index contributed by atoms with van der Waals surface area (Å²) in [6.45, 7) is 1.84. The van der Waals surface area contributed by atoms with E-state index in [-0.39, 0.29) is 16.8 Å². The van der Waals surface area contributed by atoms with Crippen molar-refractivity contribution in [2.45, 2.75) is 11.8 Å². The van der Waals surface area contributed by atoms with E-state index in [0.29, 0.717) is 16.4 Å². The van der Waals surface area contributed by atoms with Gasteiger partial charge in [0, 0.05) is 26.5 Å². The van der Waals surface area contributed by atoms with Crippen molar-refractivity contribution in [1.29, 1.82) is 0 Å². The Morgan fingerprint density at radius 2 is 1.71 bits per heavy atom. The van der Waals surface area contributed by atoms with Crippen molar-refractivity contribution in [3.05, 3.63) is 58.7 Å². The Kier molecular flexibility index (Phi) is 7.32. The molecule has 3 rings (SSSR count). The third kappa shape index (κ3) is 5.97. The van der Waals surface area contributed by atoms with Gasteiger partial charge in [0.05, 0.1) is 21.1 Å². The lowest BCUT2D eigenvalue weighted by Gasteiger charge is -2.11. The van der Waals surface area contributed by atoms with Crippen LogP contribution in [-0.2, 0) is 17.2 Å². The van der Waals surface area contributed by atoms with E-state index in [2.05, 4.69) is 4.99 Å². The Morgan fingerprint density at radius 1 is 1.13 bits per heavy atom. The summed E-state index contributed by atoms with van der Waals surface area (Å²) < 4.78 is 31.3. The van der Waals surface area contributed by atoms with Crippen LogP contribution in [0.25, 0.3) is 10.9 Å². The second-order valence-corrected chi connectivity index (χ2v) is 8.81. The number of benzene rings is 2. The summed E-state index contributed by atoms with van der Waals surface area (Å²) in [6.07, 6.45) is 0. The number of amides is 1. The van der Waals surface area contributed by atoms with E-state index in [1.807, 2.05) is 6.92 Å². The van der Waals surface area contributed by atoms with Crippen molar-refractivity contribution in [2.24, 2.45) is 23.5 Å². The number of carbonyl (C=O) groups excluding carboxylic acids is 1. The fourth-order valence-corrected chi connectivity index (χ4v) is 3.62. The maximum atomic E-state index is 12.1. The predicted octanol–water partition coefficient (Wildman–Crippen LogP) is 2.68. The molecule has 5 N–H and O–H groups in total. The summed E-state index contributed by atoms with van der Waals surface area (Å²) in [5.41, 5.74) is 13.5. The van der Waals surface area contributed by atoms with E-state index in [9.17, 15) is 13.2 Å². The number of aliphatic imine (C=N–C) groups is 1. The molecule has 0 bridgehead atoms. The molecule has 0 unspecified atom stereocenters. The molecule has 0 atom stereocenters. The molecule has 31 heavy (non-hydrogen) atoms. The quantitative estimate of drug-likeness (QED) is 0.308. The van der Waals surface area contributed by atoms with Gasteiger partial charge in [-0.2, -0.15) is 8.42 Å². The number of guanidine groups is 1. The van der Waals surface area contributed by atoms with E-state index in [4.69, 9.17) is 27.6 Å². The van der Waals surface area contributed by atoms with E-state index >= 15 is 0 Å². The number of nitrogens with zero attached hydrogens (tertiary/aromatic N) is 3. The minimum Gasteiger partial charge on any atom is -0.370 e. The summed E-state index contributed by atoms with van der Waals surface area (Å²) >= 11 is 6.25. The van der Waals surface area contributed by atoms with Gasteiger partial charge in [-0.25, -0.2) is 4.99 Å². The lowest BCUT2D eigenvalue weighted by molar-refractivity contribution is 0.0819. The van der Waals surface area contributed by atoms with E-state index in [0.717, 1.165) is 16.5 Å². The second-order valence-electron chi connectivity index (χ2n) is 6.98. The average Bonchev–Trinajstić information content (AvgIpc) is 2.97. The minimum absolute atomic E-state index is 0.0408. The van der Waals surface area contributed by atoms with Gasteiger partial charge in [-0.1, -0.05) is 29.3 Å². The highest BCUT2D eigenvalue weighted by Gasteiger charge is 2.17. The summed E-state index contributed by atoms with van der Waals surface area (Å²) in [6, 6.07) is 11.2. The number of rotatable bonds is 3. The van der Waals surface area contributed by atoms with Crippen molar-refractivity contribution in [3.8, 4) is 0 Å². The molecule has 0 radical (unpaired) electrons. The van der Waals surface area contributed by atoms with Crippen LogP contribution in [0.15, 0.2) is 52.4 Å². The molecular weight excluding hydrogens is 442 g/mol. The molecule has 0 aliphatic heterocycles. The normalized spacial score (nSPS) is 10.9.